The van der Waals surface area contributed by atoms with Gasteiger partial charge in [0, 0.05) is 38.8 Å². The van der Waals surface area contributed by atoms with Crippen molar-refractivity contribution in [1.82, 2.24) is 9.21 Å². The Hall–Kier alpha value is -3.75. The summed E-state index contributed by atoms with van der Waals surface area (Å²) in [5.41, 5.74) is 0.587. The maximum atomic E-state index is 12.9. The lowest BCUT2D eigenvalue weighted by Gasteiger charge is -2.33. The molecule has 34 heavy (non-hydrogen) atoms. The van der Waals surface area contributed by atoms with Crippen molar-refractivity contribution in [3.05, 3.63) is 60.2 Å². The number of para-hydroxylation sites is 1. The number of carbonyl (C=O) groups is 3. The van der Waals surface area contributed by atoms with Crippen LogP contribution in [0.15, 0.2) is 59.5 Å². The van der Waals surface area contributed by atoms with E-state index in [-0.39, 0.29) is 36.0 Å². The van der Waals surface area contributed by atoms with E-state index < -0.39 is 28.5 Å². The minimum absolute atomic E-state index is 0.0145. The first-order chi connectivity index (χ1) is 16.2. The zero-order valence-corrected chi connectivity index (χ0v) is 19.4. The second kappa shape index (κ2) is 10.9. The molecule has 11 heteroatoms. The van der Waals surface area contributed by atoms with Gasteiger partial charge in [-0.2, -0.15) is 9.57 Å². The van der Waals surface area contributed by atoms with Crippen LogP contribution >= 0.6 is 0 Å². The van der Waals surface area contributed by atoms with Gasteiger partial charge in [-0.3, -0.25) is 14.5 Å². The standard InChI is InChI=1S/C23H24N4O6S/c1-18(28)25-13-15-26(16-14-25)34(31,32)21-9-7-19(8-10-21)23(30)33-17-22(29)27(12-11-24)20-5-3-2-4-6-20/h2-10H,12-17H2,1H3. The summed E-state index contributed by atoms with van der Waals surface area (Å²) in [5, 5.41) is 9.00. The summed E-state index contributed by atoms with van der Waals surface area (Å²) in [6.07, 6.45) is 0. The molecule has 0 aromatic heterocycles. The first kappa shape index (κ1) is 24.9. The minimum atomic E-state index is -3.78. The Morgan fingerprint density at radius 1 is 1.00 bits per heavy atom. The van der Waals surface area contributed by atoms with Crippen LogP contribution in [0, 0.1) is 11.3 Å². The van der Waals surface area contributed by atoms with Crippen LogP contribution in [0.25, 0.3) is 0 Å². The Kier molecular flexibility index (Phi) is 7.99. The third kappa shape index (κ3) is 5.78. The Bertz CT molecular complexity index is 1180. The van der Waals surface area contributed by atoms with Gasteiger partial charge >= 0.3 is 5.97 Å². The van der Waals surface area contributed by atoms with Gasteiger partial charge in [-0.1, -0.05) is 18.2 Å². The van der Waals surface area contributed by atoms with Crippen molar-refractivity contribution >= 4 is 33.5 Å². The Labute approximate surface area is 198 Å². The van der Waals surface area contributed by atoms with E-state index in [2.05, 4.69) is 0 Å². The van der Waals surface area contributed by atoms with Gasteiger partial charge in [0.2, 0.25) is 15.9 Å². The molecule has 2 aromatic rings. The van der Waals surface area contributed by atoms with Crippen LogP contribution in [0.2, 0.25) is 0 Å². The highest BCUT2D eigenvalue weighted by Crippen LogP contribution is 2.19. The van der Waals surface area contributed by atoms with E-state index in [0.717, 1.165) is 0 Å². The van der Waals surface area contributed by atoms with Gasteiger partial charge in [0.25, 0.3) is 5.91 Å². The van der Waals surface area contributed by atoms with Gasteiger partial charge in [0.15, 0.2) is 6.61 Å². The number of nitriles is 1. The average molecular weight is 485 g/mol. The lowest BCUT2D eigenvalue weighted by atomic mass is 10.2. The number of anilines is 1. The maximum absolute atomic E-state index is 12.9. The zero-order chi connectivity index (χ0) is 24.7. The number of piperazine rings is 1. The molecule has 1 saturated heterocycles. The second-order valence-electron chi connectivity index (χ2n) is 7.48. The van der Waals surface area contributed by atoms with Crippen molar-refractivity contribution in [3.63, 3.8) is 0 Å². The van der Waals surface area contributed by atoms with Crippen molar-refractivity contribution in [2.24, 2.45) is 0 Å². The van der Waals surface area contributed by atoms with Gasteiger partial charge < -0.3 is 9.64 Å². The number of nitrogens with zero attached hydrogens (tertiary/aromatic N) is 4. The Balaban J connectivity index is 1.61. The molecule has 178 valence electrons. The van der Waals surface area contributed by atoms with Crippen LogP contribution < -0.4 is 4.90 Å². The number of ether oxygens (including phenoxy) is 1. The van der Waals surface area contributed by atoms with Crippen molar-refractivity contribution in [2.45, 2.75) is 11.8 Å². The van der Waals surface area contributed by atoms with Crippen molar-refractivity contribution in [2.75, 3.05) is 44.2 Å². The Morgan fingerprint density at radius 3 is 2.18 bits per heavy atom. The molecule has 0 spiro atoms. The molecule has 10 nitrogen and oxygen atoms in total. The molecule has 0 unspecified atom stereocenters. The molecule has 2 amide bonds. The molecule has 1 fully saturated rings. The minimum Gasteiger partial charge on any atom is -0.452 e. The molecule has 0 radical (unpaired) electrons. The molecule has 0 atom stereocenters. The normalized spacial score (nSPS) is 14.2. The van der Waals surface area contributed by atoms with E-state index in [1.165, 1.54) is 40.4 Å². The van der Waals surface area contributed by atoms with E-state index >= 15 is 0 Å². The zero-order valence-electron chi connectivity index (χ0n) is 18.6. The lowest BCUT2D eigenvalue weighted by Crippen LogP contribution is -2.49. The summed E-state index contributed by atoms with van der Waals surface area (Å²) in [5.74, 6) is -1.46. The number of rotatable bonds is 7. The number of amides is 2. The summed E-state index contributed by atoms with van der Waals surface area (Å²) < 4.78 is 32.1. The maximum Gasteiger partial charge on any atom is 0.338 e. The van der Waals surface area contributed by atoms with Crippen molar-refractivity contribution in [3.8, 4) is 6.07 Å². The largest absolute Gasteiger partial charge is 0.452 e. The molecule has 1 aliphatic heterocycles. The van der Waals surface area contributed by atoms with Crippen LogP contribution in [-0.2, 0) is 24.3 Å². The third-order valence-corrected chi connectivity index (χ3v) is 7.25. The van der Waals surface area contributed by atoms with Gasteiger partial charge in [-0.15, -0.1) is 0 Å². The van der Waals surface area contributed by atoms with Crippen molar-refractivity contribution < 1.29 is 27.5 Å². The molecular weight excluding hydrogens is 460 g/mol. The van der Waals surface area contributed by atoms with E-state index in [9.17, 15) is 22.8 Å². The topological polar surface area (TPSA) is 128 Å². The molecular formula is C23H24N4O6S. The quantitative estimate of drug-likeness (QED) is 0.427. The number of benzene rings is 2. The van der Waals surface area contributed by atoms with Crippen LogP contribution in [0.4, 0.5) is 5.69 Å². The molecule has 0 aliphatic carbocycles. The van der Waals surface area contributed by atoms with Gasteiger partial charge in [0.1, 0.15) is 6.54 Å². The van der Waals surface area contributed by atoms with E-state index in [4.69, 9.17) is 10.00 Å². The van der Waals surface area contributed by atoms with Gasteiger partial charge in [-0.25, -0.2) is 13.2 Å². The summed E-state index contributed by atoms with van der Waals surface area (Å²) in [7, 11) is -3.78. The second-order valence-corrected chi connectivity index (χ2v) is 9.42. The van der Waals surface area contributed by atoms with E-state index in [1.54, 1.807) is 35.2 Å². The number of carbonyl (C=O) groups excluding carboxylic acids is 3. The van der Waals surface area contributed by atoms with Gasteiger partial charge in [0.05, 0.1) is 16.5 Å². The smallest absolute Gasteiger partial charge is 0.338 e. The summed E-state index contributed by atoms with van der Waals surface area (Å²) >= 11 is 0. The summed E-state index contributed by atoms with van der Waals surface area (Å²) in [6, 6.07) is 15.7. The van der Waals surface area contributed by atoms with Gasteiger partial charge in [-0.05, 0) is 36.4 Å². The molecule has 1 heterocycles. The molecule has 1 aliphatic rings. The predicted octanol–water partition coefficient (Wildman–Crippen LogP) is 1.25. The van der Waals surface area contributed by atoms with Crippen LogP contribution in [0.1, 0.15) is 17.3 Å². The summed E-state index contributed by atoms with van der Waals surface area (Å²) in [6.45, 7) is 1.68. The van der Waals surface area contributed by atoms with Crippen molar-refractivity contribution in [1.29, 1.82) is 5.26 Å². The van der Waals surface area contributed by atoms with E-state index in [1.807, 2.05) is 6.07 Å². The van der Waals surface area contributed by atoms with Crippen LogP contribution in [0.3, 0.4) is 0 Å². The number of esters is 1. The Morgan fingerprint density at radius 2 is 1.62 bits per heavy atom. The molecule has 3 rings (SSSR count). The fourth-order valence-electron chi connectivity index (χ4n) is 3.45. The SMILES string of the molecule is CC(=O)N1CCN(S(=O)(=O)c2ccc(C(=O)OCC(=O)N(CC#N)c3ccccc3)cc2)CC1. The molecule has 2 aromatic carbocycles. The average Bonchev–Trinajstić information content (AvgIpc) is 2.86. The molecule has 0 N–H and O–H groups in total. The van der Waals surface area contributed by atoms with Crippen LogP contribution in [0.5, 0.6) is 0 Å². The fourth-order valence-corrected chi connectivity index (χ4v) is 4.87. The highest BCUT2D eigenvalue weighted by molar-refractivity contribution is 7.89. The first-order valence-electron chi connectivity index (χ1n) is 10.5. The third-order valence-electron chi connectivity index (χ3n) is 5.34. The predicted molar refractivity (Wildman–Crippen MR) is 122 cm³/mol. The molecule has 0 bridgehead atoms. The highest BCUT2D eigenvalue weighted by Gasteiger charge is 2.29. The number of sulfonamides is 1. The number of hydrogen-bond donors (Lipinski definition) is 0. The molecule has 0 saturated carbocycles. The van der Waals surface area contributed by atoms with Crippen LogP contribution in [-0.4, -0.2) is 74.7 Å². The van der Waals surface area contributed by atoms with E-state index in [0.29, 0.717) is 18.8 Å². The lowest BCUT2D eigenvalue weighted by molar-refractivity contribution is -0.130. The summed E-state index contributed by atoms with van der Waals surface area (Å²) in [4.78, 5) is 39.1. The monoisotopic (exact) mass is 484 g/mol. The fraction of sp³-hybridized carbons (Fsp3) is 0.304. The number of hydrogen-bond acceptors (Lipinski definition) is 7. The highest BCUT2D eigenvalue weighted by atomic mass is 32.2. The first-order valence-corrected chi connectivity index (χ1v) is 11.9.